The van der Waals surface area contributed by atoms with Gasteiger partial charge in [0.2, 0.25) is 12.2 Å². The SMILES string of the molecule is NC1=NC(=O)C2=NCN(c3ccccc3[C@@H]3CCOC[C@@H]4O[C@H](Oc5c3cc3c(c5OC[C@H](O)CC=O)C(=O)c5cc(CO)ccc5C3=O)[C@]3(O)[C@H](CO)CC[C@@]4(O)[C@H]3O)C2=N1. The van der Waals surface area contributed by atoms with Crippen LogP contribution in [0.25, 0.3) is 0 Å². The molecule has 8 N–H and O–H groups in total. The molecule has 8 atom stereocenters. The van der Waals surface area contributed by atoms with Crippen LogP contribution < -0.4 is 20.1 Å². The van der Waals surface area contributed by atoms with Crippen molar-refractivity contribution in [2.24, 2.45) is 26.6 Å². The van der Waals surface area contributed by atoms with Crippen LogP contribution in [-0.2, 0) is 25.7 Å². The highest BCUT2D eigenvalue weighted by molar-refractivity contribution is 6.72. The molecule has 2 aliphatic carbocycles. The van der Waals surface area contributed by atoms with Crippen molar-refractivity contribution in [2.45, 2.75) is 74.0 Å². The Morgan fingerprint density at radius 3 is 2.58 bits per heavy atom. The first kappa shape index (κ1) is 41.6. The number of rotatable bonds is 9. The molecular weight excluding hydrogens is 810 g/mol. The number of amides is 1. The maximum atomic E-state index is 14.8. The van der Waals surface area contributed by atoms with Crippen LogP contribution in [0.3, 0.4) is 0 Å². The van der Waals surface area contributed by atoms with Crippen LogP contribution >= 0.6 is 0 Å². The van der Waals surface area contributed by atoms with Gasteiger partial charge in [-0.3, -0.25) is 19.4 Å². The number of benzene rings is 3. The second-order valence-corrected chi connectivity index (χ2v) is 16.1. The summed E-state index contributed by atoms with van der Waals surface area (Å²) in [6.07, 6.45) is -6.34. The summed E-state index contributed by atoms with van der Waals surface area (Å²) in [5, 5.41) is 67.6. The Morgan fingerprint density at radius 2 is 1.81 bits per heavy atom. The topological polar surface area (TPSA) is 293 Å². The van der Waals surface area contributed by atoms with Crippen molar-refractivity contribution < 1.29 is 68.8 Å². The summed E-state index contributed by atoms with van der Waals surface area (Å²) < 4.78 is 25.6. The van der Waals surface area contributed by atoms with Crippen molar-refractivity contribution in [3.8, 4) is 11.5 Å². The molecule has 324 valence electrons. The van der Waals surface area contributed by atoms with Crippen molar-refractivity contribution in [1.82, 2.24) is 0 Å². The number of amidine groups is 1. The van der Waals surface area contributed by atoms with Crippen LogP contribution in [0.4, 0.5) is 5.69 Å². The van der Waals surface area contributed by atoms with Gasteiger partial charge in [-0.1, -0.05) is 24.3 Å². The Morgan fingerprint density at radius 1 is 1.00 bits per heavy atom. The third-order valence-electron chi connectivity index (χ3n) is 12.7. The molecule has 0 aromatic heterocycles. The van der Waals surface area contributed by atoms with Crippen molar-refractivity contribution in [3.63, 3.8) is 0 Å². The number of ketones is 2. The third-order valence-corrected chi connectivity index (χ3v) is 12.7. The van der Waals surface area contributed by atoms with Crippen LogP contribution in [0.1, 0.15) is 80.1 Å². The van der Waals surface area contributed by atoms with Crippen LogP contribution in [-0.4, -0.2) is 141 Å². The number of aldehydes is 1. The average molecular weight is 854 g/mol. The van der Waals surface area contributed by atoms with Gasteiger partial charge in [0.15, 0.2) is 40.2 Å². The van der Waals surface area contributed by atoms with E-state index in [1.165, 1.54) is 24.3 Å². The van der Waals surface area contributed by atoms with Crippen LogP contribution in [0.15, 0.2) is 63.5 Å². The normalized spacial score (nSPS) is 29.4. The summed E-state index contributed by atoms with van der Waals surface area (Å²) in [6, 6.07) is 12.8. The largest absolute Gasteiger partial charge is 0.486 e. The van der Waals surface area contributed by atoms with E-state index < -0.39 is 84.9 Å². The molecule has 19 nitrogen and oxygen atoms in total. The number of aliphatic hydroxyl groups excluding tert-OH is 4. The summed E-state index contributed by atoms with van der Waals surface area (Å²) in [4.78, 5) is 67.8. The van der Waals surface area contributed by atoms with Crippen molar-refractivity contribution >= 4 is 47.0 Å². The molecule has 2 fully saturated rings. The molecule has 4 heterocycles. The molecule has 19 heteroatoms. The quantitative estimate of drug-likeness (QED) is 0.106. The standard InChI is InChI=1S/C43H43N5O14/c44-41-46-37-32(38(55)47-41)45-19-48(37)29-4-2-1-3-24(29)23-9-12-59-18-30-42(57)10-7-21(16-51)43(58,39(42)56)40(61-30)62-35-27(23)14-28-31(36(35)60-17-22(52)8-11-49)34(54)26-13-20(15-50)5-6-25(26)33(28)53/h1-6,11,13-14,21-23,30,39-40,50-52,56-58H,7-10,12,15-19H2,(H2,44,47,55)/t21-,22+,23-,30-,39+,40+,42-,43-/m0/s1. The number of nitrogens with zero attached hydrogens (tertiary/aromatic N) is 4. The van der Waals surface area contributed by atoms with E-state index in [2.05, 4.69) is 15.0 Å². The van der Waals surface area contributed by atoms with E-state index in [0.29, 0.717) is 23.1 Å². The molecule has 9 rings (SSSR count). The zero-order valence-corrected chi connectivity index (χ0v) is 33.0. The van der Waals surface area contributed by atoms with Crippen molar-refractivity contribution in [2.75, 3.05) is 38.0 Å². The van der Waals surface area contributed by atoms with Crippen LogP contribution in [0.2, 0.25) is 0 Å². The molecule has 1 amide bonds. The van der Waals surface area contributed by atoms with Crippen molar-refractivity contribution in [1.29, 1.82) is 0 Å². The molecule has 0 unspecified atom stereocenters. The van der Waals surface area contributed by atoms with Gasteiger partial charge in [-0.15, -0.1) is 0 Å². The number of carbonyl (C=O) groups excluding carboxylic acids is 4. The Labute approximate surface area is 352 Å². The zero-order chi connectivity index (χ0) is 43.7. The second-order valence-electron chi connectivity index (χ2n) is 16.1. The minimum atomic E-state index is -2.49. The van der Waals surface area contributed by atoms with E-state index in [1.807, 2.05) is 0 Å². The Kier molecular flexibility index (Phi) is 10.6. The predicted octanol–water partition coefficient (Wildman–Crippen LogP) is -0.364. The lowest BCUT2D eigenvalue weighted by Gasteiger charge is -2.59. The number of carbonyl (C=O) groups is 4. The lowest BCUT2D eigenvalue weighted by molar-refractivity contribution is -0.382. The van der Waals surface area contributed by atoms with E-state index in [1.54, 1.807) is 29.2 Å². The summed E-state index contributed by atoms with van der Waals surface area (Å²) in [5.74, 6) is -4.74. The van der Waals surface area contributed by atoms with Gasteiger partial charge >= 0.3 is 5.91 Å². The molecule has 1 saturated heterocycles. The fraction of sp³-hybridized carbons (Fsp3) is 0.419. The van der Waals surface area contributed by atoms with Gasteiger partial charge in [0, 0.05) is 59.4 Å². The van der Waals surface area contributed by atoms with Gasteiger partial charge in [0.25, 0.3) is 0 Å². The van der Waals surface area contributed by atoms with Gasteiger partial charge in [0.1, 0.15) is 37.4 Å². The minimum Gasteiger partial charge on any atom is -0.486 e. The highest BCUT2D eigenvalue weighted by atomic mass is 16.7. The number of aliphatic hydroxyl groups is 6. The monoisotopic (exact) mass is 853 g/mol. The number of fused-ring (bicyclic) bond motifs is 10. The summed E-state index contributed by atoms with van der Waals surface area (Å²) in [7, 11) is 0. The minimum absolute atomic E-state index is 0.00649. The van der Waals surface area contributed by atoms with E-state index in [9.17, 15) is 49.8 Å². The van der Waals surface area contributed by atoms with E-state index in [-0.39, 0.29) is 102 Å². The molecule has 4 bridgehead atoms. The van der Waals surface area contributed by atoms with E-state index in [4.69, 9.17) is 24.7 Å². The first-order valence-corrected chi connectivity index (χ1v) is 20.1. The third kappa shape index (κ3) is 6.46. The molecule has 3 aromatic rings. The molecular formula is C43H43N5O14. The molecule has 0 radical (unpaired) electrons. The number of aliphatic imine (C=N–C) groups is 3. The zero-order valence-electron chi connectivity index (χ0n) is 33.0. The Balaban J connectivity index is 1.31. The second kappa shape index (κ2) is 15.9. The predicted molar refractivity (Wildman–Crippen MR) is 215 cm³/mol. The first-order chi connectivity index (χ1) is 29.8. The van der Waals surface area contributed by atoms with Gasteiger partial charge in [0.05, 0.1) is 24.9 Å². The number of anilines is 1. The fourth-order valence-corrected chi connectivity index (χ4v) is 9.44. The Hall–Kier alpha value is -5.77. The molecule has 0 spiro atoms. The van der Waals surface area contributed by atoms with Gasteiger partial charge in [-0.05, 0) is 54.7 Å². The molecule has 62 heavy (non-hydrogen) atoms. The van der Waals surface area contributed by atoms with E-state index in [0.717, 1.165) is 0 Å². The van der Waals surface area contributed by atoms with Gasteiger partial charge in [-0.2, -0.15) is 9.98 Å². The first-order valence-electron chi connectivity index (χ1n) is 20.1. The maximum Gasteiger partial charge on any atom is 0.302 e. The average Bonchev–Trinajstić information content (AvgIpc) is 3.68. The number of guanidine groups is 1. The fourth-order valence-electron chi connectivity index (χ4n) is 9.44. The summed E-state index contributed by atoms with van der Waals surface area (Å²) in [6.45, 7) is -2.06. The summed E-state index contributed by atoms with van der Waals surface area (Å²) >= 11 is 0. The molecule has 4 aliphatic heterocycles. The number of para-hydroxylation sites is 1. The van der Waals surface area contributed by atoms with Crippen LogP contribution in [0, 0.1) is 5.92 Å². The lowest BCUT2D eigenvalue weighted by Crippen LogP contribution is -2.78. The number of hydrogen-bond donors (Lipinski definition) is 7. The maximum absolute atomic E-state index is 14.8. The number of nitrogens with two attached hydrogens (primary N) is 1. The van der Waals surface area contributed by atoms with E-state index >= 15 is 0 Å². The Bertz CT molecular complexity index is 2490. The lowest BCUT2D eigenvalue weighted by atomic mass is 9.62. The van der Waals surface area contributed by atoms with Gasteiger partial charge < -0.3 is 65.0 Å². The molecule has 6 aliphatic rings. The molecule has 3 aromatic carbocycles. The van der Waals surface area contributed by atoms with Crippen LogP contribution in [0.5, 0.6) is 11.5 Å². The molecule has 1 saturated carbocycles. The highest BCUT2D eigenvalue weighted by Gasteiger charge is 2.69. The smallest absolute Gasteiger partial charge is 0.302 e. The number of ether oxygens (including phenoxy) is 4. The van der Waals surface area contributed by atoms with Crippen molar-refractivity contribution in [3.05, 3.63) is 87.5 Å². The van der Waals surface area contributed by atoms with Gasteiger partial charge in [-0.25, -0.2) is 0 Å². The highest BCUT2D eigenvalue weighted by Crippen LogP contribution is 2.54. The summed E-state index contributed by atoms with van der Waals surface area (Å²) in [5.41, 5.74) is 2.47. The number of hydrogen-bond acceptors (Lipinski definition) is 18.